The number of likely N-dealkylation sites (tertiary alicyclic amines) is 1. The van der Waals surface area contributed by atoms with Gasteiger partial charge in [0.05, 0.1) is 12.3 Å². The first-order chi connectivity index (χ1) is 15.0. The minimum Gasteiger partial charge on any atom is -0.461 e. The monoisotopic (exact) mass is 437 g/mol. The summed E-state index contributed by atoms with van der Waals surface area (Å²) in [6.45, 7) is 3.47. The van der Waals surface area contributed by atoms with Gasteiger partial charge >= 0.3 is 0 Å². The Bertz CT molecular complexity index is 1100. The van der Waals surface area contributed by atoms with Gasteiger partial charge in [0.1, 0.15) is 5.25 Å². The lowest BCUT2D eigenvalue weighted by Crippen LogP contribution is -2.45. The van der Waals surface area contributed by atoms with Crippen molar-refractivity contribution in [1.29, 1.82) is 0 Å². The molecular weight excluding hydrogens is 414 g/mol. The van der Waals surface area contributed by atoms with Crippen molar-refractivity contribution in [2.45, 2.75) is 36.2 Å². The van der Waals surface area contributed by atoms with E-state index in [0.29, 0.717) is 42.7 Å². The van der Waals surface area contributed by atoms with Gasteiger partial charge in [0, 0.05) is 5.92 Å². The van der Waals surface area contributed by atoms with Crippen LogP contribution in [0.25, 0.3) is 11.6 Å². The van der Waals surface area contributed by atoms with Crippen LogP contribution in [0.4, 0.5) is 0 Å². The second kappa shape index (κ2) is 7.97. The number of benzene rings is 1. The Labute approximate surface area is 183 Å². The molecule has 9 heteroatoms. The van der Waals surface area contributed by atoms with Gasteiger partial charge in [-0.1, -0.05) is 41.6 Å². The van der Waals surface area contributed by atoms with Crippen LogP contribution in [0.2, 0.25) is 0 Å². The third-order valence-electron chi connectivity index (χ3n) is 6.03. The SMILES string of the molecule is Cc1ccc(C(C2Sc3nc(-c4ccco4)nn3C2=O)N2CCC(C(N)=O)CC2)cc1. The lowest BCUT2D eigenvalue weighted by molar-refractivity contribution is -0.123. The zero-order valence-electron chi connectivity index (χ0n) is 17.1. The number of piperidine rings is 1. The number of rotatable bonds is 5. The van der Waals surface area contributed by atoms with E-state index in [4.69, 9.17) is 10.2 Å². The minimum atomic E-state index is -0.367. The van der Waals surface area contributed by atoms with E-state index in [1.165, 1.54) is 16.4 Å². The molecule has 1 aromatic carbocycles. The second-order valence-electron chi connectivity index (χ2n) is 8.05. The number of aromatic nitrogens is 3. The molecule has 2 N–H and O–H groups in total. The van der Waals surface area contributed by atoms with E-state index in [1.54, 1.807) is 18.4 Å². The highest BCUT2D eigenvalue weighted by Gasteiger charge is 2.44. The number of carbonyl (C=O) groups excluding carboxylic acids is 2. The van der Waals surface area contributed by atoms with Crippen molar-refractivity contribution in [2.24, 2.45) is 11.7 Å². The molecule has 0 aliphatic carbocycles. The van der Waals surface area contributed by atoms with Crippen molar-refractivity contribution in [1.82, 2.24) is 19.7 Å². The molecule has 1 saturated heterocycles. The molecule has 1 amide bonds. The van der Waals surface area contributed by atoms with Crippen molar-refractivity contribution in [2.75, 3.05) is 13.1 Å². The maximum atomic E-state index is 13.4. The fourth-order valence-electron chi connectivity index (χ4n) is 4.31. The summed E-state index contributed by atoms with van der Waals surface area (Å²) in [4.78, 5) is 31.8. The van der Waals surface area contributed by atoms with Crippen LogP contribution in [-0.4, -0.2) is 49.8 Å². The fraction of sp³-hybridized carbons (Fsp3) is 0.364. The Kier molecular flexibility index (Phi) is 5.15. The summed E-state index contributed by atoms with van der Waals surface area (Å²) in [7, 11) is 0. The quantitative estimate of drug-likeness (QED) is 0.654. The molecule has 2 unspecified atom stereocenters. The molecule has 8 nitrogen and oxygen atoms in total. The number of primary amides is 1. The fourth-order valence-corrected chi connectivity index (χ4v) is 5.57. The number of carbonyl (C=O) groups is 2. The number of nitrogens with two attached hydrogens (primary N) is 1. The van der Waals surface area contributed by atoms with Crippen molar-refractivity contribution in [3.8, 4) is 11.6 Å². The van der Waals surface area contributed by atoms with Gasteiger partial charge in [-0.25, -0.2) is 0 Å². The summed E-state index contributed by atoms with van der Waals surface area (Å²) in [5, 5.41) is 4.60. The number of aryl methyl sites for hydroxylation is 1. The number of furan rings is 1. The molecule has 0 bridgehead atoms. The minimum absolute atomic E-state index is 0.0899. The van der Waals surface area contributed by atoms with E-state index >= 15 is 0 Å². The van der Waals surface area contributed by atoms with Crippen molar-refractivity contribution >= 4 is 23.6 Å². The topological polar surface area (TPSA) is 107 Å². The first-order valence-corrected chi connectivity index (χ1v) is 11.2. The van der Waals surface area contributed by atoms with Gasteiger partial charge in [-0.3, -0.25) is 14.5 Å². The summed E-state index contributed by atoms with van der Waals surface area (Å²) < 4.78 is 6.76. The predicted octanol–water partition coefficient (Wildman–Crippen LogP) is 2.90. The number of nitrogens with zero attached hydrogens (tertiary/aromatic N) is 4. The number of hydrogen-bond donors (Lipinski definition) is 1. The van der Waals surface area contributed by atoms with E-state index in [2.05, 4.69) is 39.2 Å². The molecule has 1 fully saturated rings. The highest BCUT2D eigenvalue weighted by atomic mass is 32.2. The molecule has 0 radical (unpaired) electrons. The molecule has 2 aliphatic heterocycles. The molecule has 3 aromatic rings. The first-order valence-electron chi connectivity index (χ1n) is 10.3. The smallest absolute Gasteiger partial charge is 0.264 e. The van der Waals surface area contributed by atoms with Crippen molar-refractivity contribution in [3.63, 3.8) is 0 Å². The number of amides is 1. The van der Waals surface area contributed by atoms with Crippen LogP contribution < -0.4 is 5.73 Å². The second-order valence-corrected chi connectivity index (χ2v) is 9.16. The third kappa shape index (κ3) is 3.68. The number of hydrogen-bond acceptors (Lipinski definition) is 7. The Balaban J connectivity index is 1.44. The van der Waals surface area contributed by atoms with Crippen LogP contribution in [0.1, 0.15) is 34.8 Å². The number of thioether (sulfide) groups is 1. The largest absolute Gasteiger partial charge is 0.461 e. The van der Waals surface area contributed by atoms with Gasteiger partial charge in [0.25, 0.3) is 5.91 Å². The van der Waals surface area contributed by atoms with Crippen molar-refractivity contribution in [3.05, 3.63) is 53.8 Å². The van der Waals surface area contributed by atoms with Crippen LogP contribution in [0.3, 0.4) is 0 Å². The lowest BCUT2D eigenvalue weighted by Gasteiger charge is -2.38. The molecular formula is C22H23N5O3S. The Morgan fingerprint density at radius 1 is 1.23 bits per heavy atom. The van der Waals surface area contributed by atoms with Gasteiger partial charge in [-0.15, -0.1) is 5.10 Å². The Morgan fingerprint density at radius 3 is 2.58 bits per heavy atom. The maximum Gasteiger partial charge on any atom is 0.264 e. The van der Waals surface area contributed by atoms with Gasteiger partial charge in [-0.05, 0) is 50.6 Å². The molecule has 2 aromatic heterocycles. The number of fused-ring (bicyclic) bond motifs is 1. The van der Waals surface area contributed by atoms with E-state index in [-0.39, 0.29) is 29.0 Å². The highest BCUT2D eigenvalue weighted by molar-refractivity contribution is 8.00. The molecule has 4 heterocycles. The maximum absolute atomic E-state index is 13.4. The van der Waals surface area contributed by atoms with E-state index in [0.717, 1.165) is 11.1 Å². The lowest BCUT2D eigenvalue weighted by atomic mass is 9.92. The molecule has 0 saturated carbocycles. The van der Waals surface area contributed by atoms with E-state index < -0.39 is 0 Å². The molecule has 2 aliphatic rings. The van der Waals surface area contributed by atoms with Crippen LogP contribution >= 0.6 is 11.8 Å². The summed E-state index contributed by atoms with van der Waals surface area (Å²) in [5.41, 5.74) is 7.76. The Hall–Kier alpha value is -2.91. The van der Waals surface area contributed by atoms with Crippen LogP contribution in [0.15, 0.2) is 52.2 Å². The normalized spacial score (nSPS) is 20.7. The third-order valence-corrected chi connectivity index (χ3v) is 7.22. The van der Waals surface area contributed by atoms with Gasteiger partial charge < -0.3 is 10.2 Å². The molecule has 0 spiro atoms. The summed E-state index contributed by atoms with van der Waals surface area (Å²) >= 11 is 1.44. The molecule has 31 heavy (non-hydrogen) atoms. The summed E-state index contributed by atoms with van der Waals surface area (Å²) in [5.74, 6) is 0.513. The van der Waals surface area contributed by atoms with Crippen LogP contribution in [0, 0.1) is 12.8 Å². The zero-order chi connectivity index (χ0) is 21.5. The molecule has 2 atom stereocenters. The predicted molar refractivity (Wildman–Crippen MR) is 115 cm³/mol. The molecule has 5 rings (SSSR count). The summed E-state index contributed by atoms with van der Waals surface area (Å²) in [6.07, 6.45) is 2.96. The van der Waals surface area contributed by atoms with Crippen LogP contribution in [0.5, 0.6) is 0 Å². The average Bonchev–Trinajstić information content (AvgIpc) is 3.49. The first kappa shape index (κ1) is 20.0. The Morgan fingerprint density at radius 2 is 1.97 bits per heavy atom. The van der Waals surface area contributed by atoms with E-state index in [1.807, 2.05) is 6.92 Å². The van der Waals surface area contributed by atoms with Gasteiger partial charge in [0.2, 0.25) is 11.7 Å². The van der Waals surface area contributed by atoms with Gasteiger partial charge in [0.15, 0.2) is 10.9 Å². The average molecular weight is 438 g/mol. The summed E-state index contributed by atoms with van der Waals surface area (Å²) in [6, 6.07) is 11.7. The standard InChI is InChI=1S/C22H23N5O3S/c1-13-4-6-14(7-5-13)17(26-10-8-15(9-11-26)19(23)28)18-21(29)27-22(31-18)24-20(25-27)16-3-2-12-30-16/h2-7,12,15,17-18H,8-11H2,1H3,(H2,23,28). The van der Waals surface area contributed by atoms with Gasteiger partial charge in [-0.2, -0.15) is 9.67 Å². The van der Waals surface area contributed by atoms with Crippen molar-refractivity contribution < 1.29 is 14.0 Å². The van der Waals surface area contributed by atoms with Crippen LogP contribution in [-0.2, 0) is 4.79 Å². The highest BCUT2D eigenvalue weighted by Crippen LogP contribution is 2.42. The zero-order valence-corrected chi connectivity index (χ0v) is 17.9. The van der Waals surface area contributed by atoms with E-state index in [9.17, 15) is 9.59 Å². The molecule has 160 valence electrons.